The summed E-state index contributed by atoms with van der Waals surface area (Å²) in [6.07, 6.45) is 0.477. The zero-order valence-corrected chi connectivity index (χ0v) is 20.4. The van der Waals surface area contributed by atoms with Gasteiger partial charge in [-0.3, -0.25) is 14.9 Å². The summed E-state index contributed by atoms with van der Waals surface area (Å²) in [6, 6.07) is 14.2. The molecule has 0 aliphatic heterocycles. The van der Waals surface area contributed by atoms with Crippen LogP contribution in [-0.2, 0) is 6.42 Å². The van der Waals surface area contributed by atoms with Crippen LogP contribution in [0.2, 0.25) is 5.02 Å². The van der Waals surface area contributed by atoms with Gasteiger partial charge >= 0.3 is 0 Å². The number of aromatic nitrogens is 3. The van der Waals surface area contributed by atoms with Gasteiger partial charge in [0.25, 0.3) is 11.8 Å². The largest absolute Gasteiger partial charge is 0.360 e. The Morgan fingerprint density at radius 1 is 1.12 bits per heavy atom. The van der Waals surface area contributed by atoms with Crippen molar-refractivity contribution in [1.82, 2.24) is 20.7 Å². The lowest BCUT2D eigenvalue weighted by atomic mass is 10.1. The Bertz CT molecular complexity index is 1320. The summed E-state index contributed by atoms with van der Waals surface area (Å²) in [6.45, 7) is 2.04. The SMILES string of the molecule is Cc1onc(-c2ccccc2Cl)c1C(=O)Nc1nnc(CCNC(=O)c2cccc(Br)c2)s1. The number of anilines is 1. The smallest absolute Gasteiger partial charge is 0.263 e. The molecule has 2 heterocycles. The number of amides is 2. The van der Waals surface area contributed by atoms with Crippen molar-refractivity contribution in [2.75, 3.05) is 11.9 Å². The van der Waals surface area contributed by atoms with Crippen LogP contribution >= 0.6 is 38.9 Å². The molecule has 0 radical (unpaired) electrons. The molecule has 2 amide bonds. The van der Waals surface area contributed by atoms with Crippen LogP contribution in [0.4, 0.5) is 5.13 Å². The Morgan fingerprint density at radius 2 is 1.94 bits per heavy atom. The quantitative estimate of drug-likeness (QED) is 0.332. The summed E-state index contributed by atoms with van der Waals surface area (Å²) in [5, 5.41) is 19.2. The number of rotatable bonds is 7. The van der Waals surface area contributed by atoms with Crippen molar-refractivity contribution in [1.29, 1.82) is 0 Å². The minimum absolute atomic E-state index is 0.177. The zero-order valence-electron chi connectivity index (χ0n) is 17.3. The van der Waals surface area contributed by atoms with E-state index in [1.165, 1.54) is 11.3 Å². The third-order valence-corrected chi connectivity index (χ3v) is 6.34. The van der Waals surface area contributed by atoms with Crippen molar-refractivity contribution in [3.8, 4) is 11.3 Å². The number of nitrogens with one attached hydrogen (secondary N) is 2. The standard InChI is InChI=1S/C22H17BrClN5O3S/c1-12-18(19(29-32-12)15-7-2-3-8-16(15)24)21(31)26-22-28-27-17(33-22)9-10-25-20(30)13-5-4-6-14(23)11-13/h2-8,11H,9-10H2,1H3,(H,25,30)(H,26,28,31). The molecule has 0 aliphatic rings. The topological polar surface area (TPSA) is 110 Å². The summed E-state index contributed by atoms with van der Waals surface area (Å²) in [4.78, 5) is 25.2. The number of carbonyl (C=O) groups is 2. The molecule has 2 N–H and O–H groups in total. The van der Waals surface area contributed by atoms with Crippen LogP contribution in [0.25, 0.3) is 11.3 Å². The van der Waals surface area contributed by atoms with Gasteiger partial charge in [0.15, 0.2) is 0 Å². The first kappa shape index (κ1) is 23.1. The van der Waals surface area contributed by atoms with Crippen molar-refractivity contribution in [2.45, 2.75) is 13.3 Å². The van der Waals surface area contributed by atoms with Gasteiger partial charge in [-0.25, -0.2) is 0 Å². The molecular formula is C22H17BrClN5O3S. The molecule has 0 unspecified atom stereocenters. The molecule has 2 aromatic heterocycles. The van der Waals surface area contributed by atoms with Gasteiger partial charge in [-0.15, -0.1) is 10.2 Å². The van der Waals surface area contributed by atoms with Gasteiger partial charge in [-0.05, 0) is 31.2 Å². The number of benzene rings is 2. The predicted octanol–water partition coefficient (Wildman–Crippen LogP) is 5.14. The van der Waals surface area contributed by atoms with E-state index in [4.69, 9.17) is 16.1 Å². The molecule has 4 rings (SSSR count). The molecule has 0 fully saturated rings. The fourth-order valence-corrected chi connectivity index (χ4v) is 4.41. The number of halogens is 2. The van der Waals surface area contributed by atoms with Crippen LogP contribution < -0.4 is 10.6 Å². The van der Waals surface area contributed by atoms with Crippen LogP contribution in [0.5, 0.6) is 0 Å². The van der Waals surface area contributed by atoms with Gasteiger partial charge in [-0.1, -0.05) is 68.3 Å². The summed E-state index contributed by atoms with van der Waals surface area (Å²) in [5.41, 5.74) is 1.80. The van der Waals surface area contributed by atoms with Crippen molar-refractivity contribution in [2.24, 2.45) is 0 Å². The first-order chi connectivity index (χ1) is 15.9. The fraction of sp³-hybridized carbons (Fsp3) is 0.136. The second-order valence-corrected chi connectivity index (χ2v) is 9.30. The van der Waals surface area contributed by atoms with Crippen LogP contribution in [0, 0.1) is 6.92 Å². The van der Waals surface area contributed by atoms with Gasteiger partial charge in [0.2, 0.25) is 5.13 Å². The Hall–Kier alpha value is -3.08. The highest BCUT2D eigenvalue weighted by Gasteiger charge is 2.24. The number of nitrogens with zero attached hydrogens (tertiary/aromatic N) is 3. The van der Waals surface area contributed by atoms with Crippen LogP contribution in [0.15, 0.2) is 57.5 Å². The molecule has 0 saturated carbocycles. The number of hydrogen-bond donors (Lipinski definition) is 2. The van der Waals surface area contributed by atoms with Crippen LogP contribution in [0.3, 0.4) is 0 Å². The Labute approximate surface area is 206 Å². The minimum atomic E-state index is -0.422. The van der Waals surface area contributed by atoms with E-state index in [1.54, 1.807) is 49.4 Å². The van der Waals surface area contributed by atoms with Crippen molar-refractivity contribution in [3.05, 3.63) is 79.9 Å². The summed E-state index contributed by atoms with van der Waals surface area (Å²) >= 11 is 10.8. The molecule has 11 heteroatoms. The Kier molecular flexibility index (Phi) is 7.17. The molecular weight excluding hydrogens is 530 g/mol. The number of hydrogen-bond acceptors (Lipinski definition) is 7. The van der Waals surface area contributed by atoms with E-state index in [0.29, 0.717) is 50.7 Å². The van der Waals surface area contributed by atoms with E-state index in [1.807, 2.05) is 6.07 Å². The second-order valence-electron chi connectivity index (χ2n) is 6.91. The Morgan fingerprint density at radius 3 is 2.73 bits per heavy atom. The van der Waals surface area contributed by atoms with Crippen molar-refractivity contribution < 1.29 is 14.1 Å². The maximum Gasteiger partial charge on any atom is 0.263 e. The monoisotopic (exact) mass is 545 g/mol. The number of carbonyl (C=O) groups excluding carboxylic acids is 2. The normalized spacial score (nSPS) is 10.8. The molecule has 0 bridgehead atoms. The summed E-state index contributed by atoms with van der Waals surface area (Å²) in [5.74, 6) is -0.235. The average Bonchev–Trinajstić information content (AvgIpc) is 3.40. The maximum atomic E-state index is 12.9. The molecule has 168 valence electrons. The zero-order chi connectivity index (χ0) is 23.4. The third kappa shape index (κ3) is 5.47. The van der Waals surface area contributed by atoms with Crippen molar-refractivity contribution in [3.63, 3.8) is 0 Å². The second kappa shape index (κ2) is 10.2. The van der Waals surface area contributed by atoms with E-state index in [-0.39, 0.29) is 11.5 Å². The molecule has 0 saturated heterocycles. The molecule has 8 nitrogen and oxygen atoms in total. The molecule has 0 atom stereocenters. The van der Waals surface area contributed by atoms with E-state index in [9.17, 15) is 9.59 Å². The highest BCUT2D eigenvalue weighted by atomic mass is 79.9. The van der Waals surface area contributed by atoms with E-state index in [2.05, 4.69) is 41.9 Å². The summed E-state index contributed by atoms with van der Waals surface area (Å²) < 4.78 is 6.08. The fourth-order valence-electron chi connectivity index (χ4n) is 3.06. The lowest BCUT2D eigenvalue weighted by Crippen LogP contribution is -2.25. The van der Waals surface area contributed by atoms with Gasteiger partial charge in [-0.2, -0.15) is 0 Å². The van der Waals surface area contributed by atoms with Gasteiger partial charge in [0.05, 0.1) is 5.02 Å². The highest BCUT2D eigenvalue weighted by molar-refractivity contribution is 9.10. The first-order valence-corrected chi connectivity index (χ1v) is 11.8. The van der Waals surface area contributed by atoms with Gasteiger partial charge in [0.1, 0.15) is 22.0 Å². The minimum Gasteiger partial charge on any atom is -0.360 e. The average molecular weight is 547 g/mol. The van der Waals surface area contributed by atoms with Gasteiger partial charge in [0, 0.05) is 28.6 Å². The van der Waals surface area contributed by atoms with E-state index >= 15 is 0 Å². The van der Waals surface area contributed by atoms with Crippen LogP contribution in [-0.4, -0.2) is 33.7 Å². The highest BCUT2D eigenvalue weighted by Crippen LogP contribution is 2.31. The lowest BCUT2D eigenvalue weighted by molar-refractivity contribution is 0.0953. The molecule has 33 heavy (non-hydrogen) atoms. The maximum absolute atomic E-state index is 12.9. The molecule has 0 spiro atoms. The summed E-state index contributed by atoms with van der Waals surface area (Å²) in [7, 11) is 0. The van der Waals surface area contributed by atoms with Crippen molar-refractivity contribution >= 4 is 55.8 Å². The number of aryl methyl sites for hydroxylation is 1. The van der Waals surface area contributed by atoms with Crippen LogP contribution in [0.1, 0.15) is 31.5 Å². The van der Waals surface area contributed by atoms with Gasteiger partial charge < -0.3 is 9.84 Å². The predicted molar refractivity (Wildman–Crippen MR) is 130 cm³/mol. The first-order valence-electron chi connectivity index (χ1n) is 9.81. The lowest BCUT2D eigenvalue weighted by Gasteiger charge is -2.04. The van der Waals surface area contributed by atoms with E-state index in [0.717, 1.165) is 4.47 Å². The molecule has 2 aromatic carbocycles. The molecule has 0 aliphatic carbocycles. The Balaban J connectivity index is 1.38. The molecule has 4 aromatic rings. The third-order valence-electron chi connectivity index (χ3n) is 4.62. The van der Waals surface area contributed by atoms with E-state index < -0.39 is 5.91 Å².